The highest BCUT2D eigenvalue weighted by molar-refractivity contribution is 5.92. The molecule has 3 rings (SSSR count). The highest BCUT2D eigenvalue weighted by atomic mass is 14.9. The van der Waals surface area contributed by atoms with Crippen molar-refractivity contribution in [1.82, 2.24) is 15.0 Å². The number of fused-ring (bicyclic) bond motifs is 1. The minimum Gasteiger partial charge on any atom is -0.383 e. The zero-order valence-corrected chi connectivity index (χ0v) is 10.5. The van der Waals surface area contributed by atoms with Crippen LogP contribution in [0.5, 0.6) is 0 Å². The molecule has 0 amide bonds. The van der Waals surface area contributed by atoms with Gasteiger partial charge in [0.05, 0.1) is 5.52 Å². The largest absolute Gasteiger partial charge is 0.383 e. The van der Waals surface area contributed by atoms with Crippen LogP contribution in [-0.2, 0) is 0 Å². The van der Waals surface area contributed by atoms with Crippen molar-refractivity contribution in [2.75, 3.05) is 11.5 Å². The fourth-order valence-electron chi connectivity index (χ4n) is 2.02. The summed E-state index contributed by atoms with van der Waals surface area (Å²) in [4.78, 5) is 12.2. The molecule has 0 unspecified atom stereocenters. The average molecular weight is 264 g/mol. The summed E-state index contributed by atoms with van der Waals surface area (Å²) in [7, 11) is 0. The summed E-state index contributed by atoms with van der Waals surface area (Å²) >= 11 is 0. The monoisotopic (exact) mass is 264 g/mol. The zero-order chi connectivity index (χ0) is 14.1. The number of anilines is 2. The Kier molecular flexibility index (Phi) is 2.76. The van der Waals surface area contributed by atoms with Crippen molar-refractivity contribution < 1.29 is 0 Å². The van der Waals surface area contributed by atoms with Gasteiger partial charge in [-0.25, -0.2) is 15.0 Å². The molecule has 0 aliphatic carbocycles. The first-order valence-corrected chi connectivity index (χ1v) is 5.95. The molecule has 0 spiro atoms. The van der Waals surface area contributed by atoms with Gasteiger partial charge in [0.2, 0.25) is 0 Å². The van der Waals surface area contributed by atoms with E-state index in [1.54, 1.807) is 6.20 Å². The van der Waals surface area contributed by atoms with E-state index in [9.17, 15) is 0 Å². The molecule has 0 aliphatic rings. The average Bonchev–Trinajstić information content (AvgIpc) is 2.48. The second kappa shape index (κ2) is 4.58. The van der Waals surface area contributed by atoms with Crippen LogP contribution in [0, 0.1) is 5.41 Å². The number of nitrogens with two attached hydrogens (primary N) is 2. The van der Waals surface area contributed by atoms with Gasteiger partial charge in [0, 0.05) is 28.9 Å². The first kappa shape index (κ1) is 12.0. The van der Waals surface area contributed by atoms with Gasteiger partial charge in [-0.1, -0.05) is 6.07 Å². The zero-order valence-electron chi connectivity index (χ0n) is 10.5. The lowest BCUT2D eigenvalue weighted by molar-refractivity contribution is 1.23. The second-order valence-electron chi connectivity index (χ2n) is 4.33. The van der Waals surface area contributed by atoms with E-state index >= 15 is 0 Å². The van der Waals surface area contributed by atoms with Crippen LogP contribution < -0.4 is 11.5 Å². The van der Waals surface area contributed by atoms with Crippen molar-refractivity contribution in [3.05, 3.63) is 42.4 Å². The molecule has 6 nitrogen and oxygen atoms in total. The first-order valence-electron chi connectivity index (χ1n) is 5.95. The number of nitrogen functional groups attached to an aromatic ring is 2. The maximum Gasteiger partial charge on any atom is 0.134 e. The third-order valence-electron chi connectivity index (χ3n) is 3.10. The summed E-state index contributed by atoms with van der Waals surface area (Å²) in [6.45, 7) is 0. The van der Waals surface area contributed by atoms with E-state index in [1.807, 2.05) is 24.3 Å². The van der Waals surface area contributed by atoms with Crippen molar-refractivity contribution >= 4 is 28.8 Å². The molecule has 0 fully saturated rings. The second-order valence-corrected chi connectivity index (χ2v) is 4.33. The third-order valence-corrected chi connectivity index (χ3v) is 3.10. The standard InChI is InChI=1S/C14H12N6/c15-5-9-3-10(6-18-13(9)16)8-1-2-12-11(4-8)14(17)20-7-19-12/h1-7,15H,(H2,16,18)(H2,17,19,20). The quantitative estimate of drug-likeness (QED) is 0.611. The number of benzene rings is 1. The lowest BCUT2D eigenvalue weighted by Crippen LogP contribution is -1.97. The lowest BCUT2D eigenvalue weighted by Gasteiger charge is -2.06. The van der Waals surface area contributed by atoms with Gasteiger partial charge in [0.15, 0.2) is 0 Å². The molecule has 5 N–H and O–H groups in total. The van der Waals surface area contributed by atoms with E-state index in [0.717, 1.165) is 22.0 Å². The van der Waals surface area contributed by atoms with Crippen molar-refractivity contribution in [3.8, 4) is 11.1 Å². The van der Waals surface area contributed by atoms with Gasteiger partial charge in [0.1, 0.15) is 18.0 Å². The van der Waals surface area contributed by atoms with Gasteiger partial charge in [-0.15, -0.1) is 0 Å². The van der Waals surface area contributed by atoms with Crippen LogP contribution in [0.15, 0.2) is 36.8 Å². The number of nitrogens with zero attached hydrogens (tertiary/aromatic N) is 3. The predicted octanol–water partition coefficient (Wildman–Crippen LogP) is 1.85. The smallest absolute Gasteiger partial charge is 0.134 e. The van der Waals surface area contributed by atoms with E-state index in [2.05, 4.69) is 15.0 Å². The Labute approximate surface area is 115 Å². The van der Waals surface area contributed by atoms with Crippen LogP contribution in [0.4, 0.5) is 11.6 Å². The summed E-state index contributed by atoms with van der Waals surface area (Å²) < 4.78 is 0. The van der Waals surface area contributed by atoms with Crippen molar-refractivity contribution in [1.29, 1.82) is 5.41 Å². The highest BCUT2D eigenvalue weighted by Crippen LogP contribution is 2.26. The topological polar surface area (TPSA) is 115 Å². The van der Waals surface area contributed by atoms with Crippen LogP contribution in [0.2, 0.25) is 0 Å². The summed E-state index contributed by atoms with van der Waals surface area (Å²) in [5, 5.41) is 8.11. The molecule has 20 heavy (non-hydrogen) atoms. The van der Waals surface area contributed by atoms with Crippen molar-refractivity contribution in [3.63, 3.8) is 0 Å². The molecule has 0 radical (unpaired) electrons. The Bertz CT molecular complexity index is 812. The SMILES string of the molecule is N=Cc1cc(-c2ccc3ncnc(N)c3c2)cnc1N. The molecule has 0 saturated carbocycles. The Morgan fingerprint density at radius 3 is 2.60 bits per heavy atom. The lowest BCUT2D eigenvalue weighted by atomic mass is 10.0. The van der Waals surface area contributed by atoms with Crippen molar-refractivity contribution in [2.45, 2.75) is 0 Å². The van der Waals surface area contributed by atoms with Crippen LogP contribution in [0.3, 0.4) is 0 Å². The third kappa shape index (κ3) is 1.93. The van der Waals surface area contributed by atoms with Crippen LogP contribution in [-0.4, -0.2) is 21.2 Å². The van der Waals surface area contributed by atoms with Crippen LogP contribution >= 0.6 is 0 Å². The number of aromatic nitrogens is 3. The normalized spacial score (nSPS) is 10.6. The molecule has 2 aromatic heterocycles. The van der Waals surface area contributed by atoms with Gasteiger partial charge in [-0.2, -0.15) is 0 Å². The minimum atomic E-state index is 0.340. The molecule has 0 saturated heterocycles. The summed E-state index contributed by atoms with van der Waals surface area (Å²) in [6.07, 6.45) is 4.29. The van der Waals surface area contributed by atoms with Gasteiger partial charge in [0.25, 0.3) is 0 Å². The summed E-state index contributed by atoms with van der Waals surface area (Å²) in [5.41, 5.74) is 14.7. The molecule has 2 heterocycles. The fourth-order valence-corrected chi connectivity index (χ4v) is 2.02. The maximum atomic E-state index is 7.32. The Morgan fingerprint density at radius 1 is 0.950 bits per heavy atom. The molecule has 1 aromatic carbocycles. The summed E-state index contributed by atoms with van der Waals surface area (Å²) in [5.74, 6) is 0.778. The van der Waals surface area contributed by atoms with Gasteiger partial charge in [-0.3, -0.25) is 0 Å². The molecule has 3 aromatic rings. The molecule has 6 heteroatoms. The molecular formula is C14H12N6. The summed E-state index contributed by atoms with van der Waals surface area (Å²) in [6, 6.07) is 7.53. The molecule has 98 valence electrons. The van der Waals surface area contributed by atoms with Crippen LogP contribution in [0.1, 0.15) is 5.56 Å². The highest BCUT2D eigenvalue weighted by Gasteiger charge is 2.06. The number of nitrogens with one attached hydrogen (secondary N) is 1. The number of hydrogen-bond donors (Lipinski definition) is 3. The van der Waals surface area contributed by atoms with E-state index in [0.29, 0.717) is 17.2 Å². The maximum absolute atomic E-state index is 7.32. The van der Waals surface area contributed by atoms with Gasteiger partial charge >= 0.3 is 0 Å². The molecule has 0 atom stereocenters. The molecular weight excluding hydrogens is 252 g/mol. The van der Waals surface area contributed by atoms with Gasteiger partial charge < -0.3 is 16.9 Å². The fraction of sp³-hybridized carbons (Fsp3) is 0. The first-order chi connectivity index (χ1) is 9.69. The van der Waals surface area contributed by atoms with E-state index in [4.69, 9.17) is 16.9 Å². The van der Waals surface area contributed by atoms with E-state index in [-0.39, 0.29) is 0 Å². The Morgan fingerprint density at radius 2 is 1.80 bits per heavy atom. The Balaban J connectivity index is 2.19. The Hall–Kier alpha value is -3.02. The van der Waals surface area contributed by atoms with E-state index in [1.165, 1.54) is 12.5 Å². The number of hydrogen-bond acceptors (Lipinski definition) is 6. The number of pyridine rings is 1. The predicted molar refractivity (Wildman–Crippen MR) is 79.5 cm³/mol. The molecule has 0 aliphatic heterocycles. The minimum absolute atomic E-state index is 0.340. The van der Waals surface area contributed by atoms with Gasteiger partial charge in [-0.05, 0) is 23.8 Å². The van der Waals surface area contributed by atoms with E-state index < -0.39 is 0 Å². The van der Waals surface area contributed by atoms with Crippen LogP contribution in [0.25, 0.3) is 22.0 Å². The molecule has 0 bridgehead atoms. The number of rotatable bonds is 2. The van der Waals surface area contributed by atoms with Crippen molar-refractivity contribution in [2.24, 2.45) is 0 Å².